The summed E-state index contributed by atoms with van der Waals surface area (Å²) in [5.74, 6) is 2.83. The number of nitrogens with two attached hydrogens (primary N) is 1. The topological polar surface area (TPSA) is 43.8 Å². The predicted molar refractivity (Wildman–Crippen MR) is 90.2 cm³/mol. The van der Waals surface area contributed by atoms with E-state index < -0.39 is 0 Å². The smallest absolute Gasteiger partial charge is 0.141 e. The molecule has 0 aliphatic carbocycles. The summed E-state index contributed by atoms with van der Waals surface area (Å²) in [7, 11) is 0. The highest BCUT2D eigenvalue weighted by Gasteiger charge is 2.21. The Morgan fingerprint density at radius 3 is 2.24 bits per heavy atom. The molecule has 0 atom stereocenters. The maximum atomic E-state index is 6.44. The fraction of sp³-hybridized carbons (Fsp3) is 0.500. The largest absolute Gasteiger partial charge is 0.384 e. The van der Waals surface area contributed by atoms with Crippen LogP contribution in [0.3, 0.4) is 0 Å². The van der Waals surface area contributed by atoms with Gasteiger partial charge in [-0.15, -0.1) is 0 Å². The number of benzene rings is 1. The maximum Gasteiger partial charge on any atom is 0.141 e. The highest BCUT2D eigenvalue weighted by atomic mass is 15.1. The minimum absolute atomic E-state index is 0.445. The minimum atomic E-state index is 0.445. The van der Waals surface area contributed by atoms with Gasteiger partial charge in [0.25, 0.3) is 0 Å². The molecule has 0 fully saturated rings. The molecule has 3 nitrogen and oxygen atoms in total. The molecule has 21 heavy (non-hydrogen) atoms. The van der Waals surface area contributed by atoms with E-state index in [1.165, 1.54) is 0 Å². The summed E-state index contributed by atoms with van der Waals surface area (Å²) in [6, 6.07) is 10.3. The first-order valence-corrected chi connectivity index (χ1v) is 7.99. The van der Waals surface area contributed by atoms with Gasteiger partial charge < -0.3 is 10.3 Å². The van der Waals surface area contributed by atoms with Gasteiger partial charge in [-0.1, -0.05) is 58.0 Å². The van der Waals surface area contributed by atoms with E-state index in [1.54, 1.807) is 0 Å². The lowest BCUT2D eigenvalue weighted by atomic mass is 9.99. The van der Waals surface area contributed by atoms with Crippen LogP contribution in [0.5, 0.6) is 0 Å². The number of rotatable bonds is 6. The van der Waals surface area contributed by atoms with Crippen LogP contribution in [0.25, 0.3) is 11.4 Å². The molecule has 0 aliphatic rings. The number of nitrogens with zero attached hydrogens (tertiary/aromatic N) is 2. The molecule has 0 saturated carbocycles. The van der Waals surface area contributed by atoms with Gasteiger partial charge in [-0.2, -0.15) is 0 Å². The van der Waals surface area contributed by atoms with Crippen molar-refractivity contribution in [2.75, 3.05) is 5.73 Å². The number of anilines is 1. The fourth-order valence-corrected chi connectivity index (χ4v) is 2.82. The van der Waals surface area contributed by atoms with Gasteiger partial charge in [-0.3, -0.25) is 0 Å². The molecular formula is C18H27N3. The molecule has 0 saturated heterocycles. The van der Waals surface area contributed by atoms with Crippen LogP contribution in [0.15, 0.2) is 30.3 Å². The summed E-state index contributed by atoms with van der Waals surface area (Å²) in [5.41, 5.74) is 8.65. The van der Waals surface area contributed by atoms with E-state index in [1.807, 2.05) is 6.07 Å². The first-order chi connectivity index (χ1) is 10.1. The van der Waals surface area contributed by atoms with Crippen molar-refractivity contribution >= 4 is 5.82 Å². The highest BCUT2D eigenvalue weighted by Crippen LogP contribution is 2.32. The number of nitrogen functional groups attached to an aromatic ring is 1. The van der Waals surface area contributed by atoms with E-state index in [0.29, 0.717) is 11.8 Å². The van der Waals surface area contributed by atoms with Crippen molar-refractivity contribution < 1.29 is 0 Å². The van der Waals surface area contributed by atoms with Crippen molar-refractivity contribution in [2.45, 2.75) is 53.0 Å². The molecule has 1 heterocycles. The fourth-order valence-electron chi connectivity index (χ4n) is 2.82. The average molecular weight is 285 g/mol. The Hall–Kier alpha value is -1.77. The Balaban J connectivity index is 2.54. The third kappa shape index (κ3) is 3.29. The maximum absolute atomic E-state index is 6.44. The Kier molecular flexibility index (Phi) is 5.05. The molecule has 0 bridgehead atoms. The molecule has 3 heteroatoms. The van der Waals surface area contributed by atoms with Crippen LogP contribution in [0.2, 0.25) is 0 Å². The third-order valence-corrected chi connectivity index (χ3v) is 3.99. The van der Waals surface area contributed by atoms with E-state index >= 15 is 0 Å². The van der Waals surface area contributed by atoms with Gasteiger partial charge in [0.05, 0.1) is 5.69 Å². The van der Waals surface area contributed by atoms with Gasteiger partial charge in [-0.05, 0) is 18.8 Å². The number of hydrogen-bond acceptors (Lipinski definition) is 2. The van der Waals surface area contributed by atoms with Gasteiger partial charge in [0.2, 0.25) is 0 Å². The van der Waals surface area contributed by atoms with E-state index in [-0.39, 0.29) is 0 Å². The van der Waals surface area contributed by atoms with E-state index in [4.69, 9.17) is 10.7 Å². The van der Waals surface area contributed by atoms with E-state index in [0.717, 1.165) is 42.3 Å². The van der Waals surface area contributed by atoms with Crippen LogP contribution in [0, 0.1) is 5.92 Å². The van der Waals surface area contributed by atoms with Crippen LogP contribution in [-0.4, -0.2) is 9.55 Å². The zero-order valence-electron chi connectivity index (χ0n) is 13.6. The molecule has 2 N–H and O–H groups in total. The molecule has 1 aromatic carbocycles. The summed E-state index contributed by atoms with van der Waals surface area (Å²) in [4.78, 5) is 4.91. The SMILES string of the molecule is CCC(CC)c1nc(-c2ccccc2)n(CC(C)C)c1N. The molecule has 0 amide bonds. The van der Waals surface area contributed by atoms with Crippen LogP contribution >= 0.6 is 0 Å². The van der Waals surface area contributed by atoms with Crippen molar-refractivity contribution in [1.29, 1.82) is 0 Å². The summed E-state index contributed by atoms with van der Waals surface area (Å²) < 4.78 is 2.19. The third-order valence-electron chi connectivity index (χ3n) is 3.99. The van der Waals surface area contributed by atoms with Gasteiger partial charge in [0, 0.05) is 18.0 Å². The number of imidazole rings is 1. The molecule has 0 aliphatic heterocycles. The second-order valence-electron chi connectivity index (χ2n) is 6.09. The van der Waals surface area contributed by atoms with Gasteiger partial charge in [0.1, 0.15) is 11.6 Å². The Morgan fingerprint density at radius 2 is 1.71 bits per heavy atom. The number of hydrogen-bond donors (Lipinski definition) is 1. The normalized spacial score (nSPS) is 11.5. The van der Waals surface area contributed by atoms with Gasteiger partial charge >= 0.3 is 0 Å². The zero-order valence-corrected chi connectivity index (χ0v) is 13.6. The lowest BCUT2D eigenvalue weighted by Crippen LogP contribution is -2.10. The quantitative estimate of drug-likeness (QED) is 0.836. The molecule has 2 rings (SSSR count). The van der Waals surface area contributed by atoms with Crippen LogP contribution in [0.4, 0.5) is 5.82 Å². The molecule has 114 valence electrons. The Bertz CT molecular complexity index is 566. The molecule has 0 unspecified atom stereocenters. The summed E-state index contributed by atoms with van der Waals surface area (Å²) in [6.07, 6.45) is 2.15. The Morgan fingerprint density at radius 1 is 1.10 bits per heavy atom. The monoisotopic (exact) mass is 285 g/mol. The number of aromatic nitrogens is 2. The average Bonchev–Trinajstić information content (AvgIpc) is 2.79. The van der Waals surface area contributed by atoms with Crippen molar-refractivity contribution in [1.82, 2.24) is 9.55 Å². The van der Waals surface area contributed by atoms with Crippen molar-refractivity contribution in [2.24, 2.45) is 5.92 Å². The molecule has 0 radical (unpaired) electrons. The predicted octanol–water partition coefficient (Wildman–Crippen LogP) is 4.69. The second-order valence-corrected chi connectivity index (χ2v) is 6.09. The van der Waals surface area contributed by atoms with Crippen LogP contribution in [-0.2, 0) is 6.54 Å². The standard InChI is InChI=1S/C18H27N3/c1-5-14(6-2)16-17(19)21(12-13(3)4)18(20-16)15-10-8-7-9-11-15/h7-11,13-14H,5-6,12,19H2,1-4H3. The first-order valence-electron chi connectivity index (χ1n) is 7.99. The first kappa shape index (κ1) is 15.6. The second kappa shape index (κ2) is 6.79. The summed E-state index contributed by atoms with van der Waals surface area (Å²) >= 11 is 0. The summed E-state index contributed by atoms with van der Waals surface area (Å²) in [6.45, 7) is 9.74. The molecular weight excluding hydrogens is 258 g/mol. The van der Waals surface area contributed by atoms with Crippen LogP contribution < -0.4 is 5.73 Å². The van der Waals surface area contributed by atoms with Crippen LogP contribution in [0.1, 0.15) is 52.1 Å². The molecule has 0 spiro atoms. The van der Waals surface area contributed by atoms with E-state index in [2.05, 4.69) is 56.5 Å². The van der Waals surface area contributed by atoms with Gasteiger partial charge in [-0.25, -0.2) is 4.98 Å². The van der Waals surface area contributed by atoms with Crippen molar-refractivity contribution in [3.8, 4) is 11.4 Å². The zero-order chi connectivity index (χ0) is 15.4. The minimum Gasteiger partial charge on any atom is -0.384 e. The van der Waals surface area contributed by atoms with Gasteiger partial charge in [0.15, 0.2) is 0 Å². The van der Waals surface area contributed by atoms with Crippen molar-refractivity contribution in [3.05, 3.63) is 36.0 Å². The van der Waals surface area contributed by atoms with E-state index in [9.17, 15) is 0 Å². The molecule has 1 aromatic heterocycles. The van der Waals surface area contributed by atoms with Crippen molar-refractivity contribution in [3.63, 3.8) is 0 Å². The Labute approximate surface area is 128 Å². The molecule has 2 aromatic rings. The lowest BCUT2D eigenvalue weighted by molar-refractivity contribution is 0.530. The summed E-state index contributed by atoms with van der Waals surface area (Å²) in [5, 5.41) is 0. The lowest BCUT2D eigenvalue weighted by Gasteiger charge is -2.13. The highest BCUT2D eigenvalue weighted by molar-refractivity contribution is 5.61.